The van der Waals surface area contributed by atoms with Gasteiger partial charge in [-0.05, 0) is 26.8 Å². The van der Waals surface area contributed by atoms with Crippen LogP contribution in [0.4, 0.5) is 0 Å². The number of methoxy groups -OCH3 is 1. The molecule has 1 aliphatic heterocycles. The monoisotopic (exact) mass is 242 g/mol. The fourth-order valence-corrected chi connectivity index (χ4v) is 2.20. The van der Waals surface area contributed by atoms with E-state index in [1.807, 2.05) is 23.6 Å². The summed E-state index contributed by atoms with van der Waals surface area (Å²) in [6.45, 7) is 7.28. The van der Waals surface area contributed by atoms with Crippen LogP contribution in [0.1, 0.15) is 20.3 Å². The van der Waals surface area contributed by atoms with Gasteiger partial charge in [0, 0.05) is 19.6 Å². The Kier molecular flexibility index (Phi) is 5.41. The third-order valence-corrected chi connectivity index (χ3v) is 3.28. The second-order valence-corrected chi connectivity index (χ2v) is 4.31. The molecule has 0 saturated carbocycles. The van der Waals surface area contributed by atoms with Crippen LogP contribution in [0, 0.1) is 5.92 Å². The van der Waals surface area contributed by atoms with Crippen LogP contribution in [0.25, 0.3) is 0 Å². The molecule has 1 aliphatic rings. The molecule has 98 valence electrons. The molecular weight excluding hydrogens is 220 g/mol. The highest BCUT2D eigenvalue weighted by Crippen LogP contribution is 2.17. The van der Waals surface area contributed by atoms with Crippen LogP contribution in [-0.2, 0) is 14.3 Å². The number of nitrogens with zero attached hydrogens (tertiary/aromatic N) is 2. The van der Waals surface area contributed by atoms with Gasteiger partial charge in [0.1, 0.15) is 0 Å². The normalized spacial score (nSPS) is 20.3. The molecule has 0 aliphatic carbocycles. The van der Waals surface area contributed by atoms with Crippen molar-refractivity contribution in [3.05, 3.63) is 0 Å². The molecule has 0 bridgehead atoms. The number of likely N-dealkylation sites (N-methyl/N-ethyl adjacent to an activating group) is 1. The van der Waals surface area contributed by atoms with E-state index in [1.165, 1.54) is 7.11 Å². The first-order valence-electron chi connectivity index (χ1n) is 6.20. The Bertz CT molecular complexity index is 277. The fourth-order valence-electron chi connectivity index (χ4n) is 2.20. The highest BCUT2D eigenvalue weighted by molar-refractivity contribution is 5.78. The zero-order chi connectivity index (χ0) is 12.8. The molecule has 5 heteroatoms. The summed E-state index contributed by atoms with van der Waals surface area (Å²) in [6.07, 6.45) is 0.790. The van der Waals surface area contributed by atoms with E-state index in [-0.39, 0.29) is 17.8 Å². The molecule has 1 heterocycles. The number of carbonyl (C=O) groups is 2. The fraction of sp³-hybridized carbons (Fsp3) is 0.833. The van der Waals surface area contributed by atoms with Crippen molar-refractivity contribution in [2.75, 3.05) is 39.8 Å². The Balaban J connectivity index is 2.39. The van der Waals surface area contributed by atoms with Gasteiger partial charge in [-0.1, -0.05) is 0 Å². The lowest BCUT2D eigenvalue weighted by atomic mass is 10.1. The average molecular weight is 242 g/mol. The van der Waals surface area contributed by atoms with Crippen molar-refractivity contribution in [1.82, 2.24) is 9.80 Å². The summed E-state index contributed by atoms with van der Waals surface area (Å²) >= 11 is 0. The molecule has 0 aromatic heterocycles. The predicted molar refractivity (Wildman–Crippen MR) is 64.5 cm³/mol. The number of carbonyl (C=O) groups excluding carboxylic acids is 2. The van der Waals surface area contributed by atoms with E-state index in [4.69, 9.17) is 4.74 Å². The second-order valence-electron chi connectivity index (χ2n) is 4.31. The lowest BCUT2D eigenvalue weighted by Gasteiger charge is -2.22. The second kappa shape index (κ2) is 6.59. The molecule has 1 fully saturated rings. The lowest BCUT2D eigenvalue weighted by molar-refractivity contribution is -0.145. The van der Waals surface area contributed by atoms with Gasteiger partial charge in [-0.15, -0.1) is 0 Å². The summed E-state index contributed by atoms with van der Waals surface area (Å²) in [4.78, 5) is 27.1. The molecule has 5 nitrogen and oxygen atoms in total. The molecule has 0 aromatic carbocycles. The lowest BCUT2D eigenvalue weighted by Crippen LogP contribution is -2.39. The van der Waals surface area contributed by atoms with Crippen molar-refractivity contribution in [3.63, 3.8) is 0 Å². The van der Waals surface area contributed by atoms with Gasteiger partial charge in [0.2, 0.25) is 5.91 Å². The standard InChI is InChI=1S/C12H22N2O3/c1-4-14(5-2)11(15)9-13-7-6-10(8-13)12(16)17-3/h10H,4-9H2,1-3H3. The van der Waals surface area contributed by atoms with Crippen molar-refractivity contribution in [2.24, 2.45) is 5.92 Å². The van der Waals surface area contributed by atoms with Gasteiger partial charge in [-0.25, -0.2) is 0 Å². The Morgan fingerprint density at radius 3 is 2.53 bits per heavy atom. The molecule has 1 unspecified atom stereocenters. The van der Waals surface area contributed by atoms with E-state index in [0.29, 0.717) is 13.1 Å². The van der Waals surface area contributed by atoms with E-state index < -0.39 is 0 Å². The van der Waals surface area contributed by atoms with Crippen LogP contribution >= 0.6 is 0 Å². The van der Waals surface area contributed by atoms with Crippen LogP contribution in [0.5, 0.6) is 0 Å². The minimum Gasteiger partial charge on any atom is -0.469 e. The zero-order valence-corrected chi connectivity index (χ0v) is 10.9. The molecule has 1 saturated heterocycles. The molecule has 0 N–H and O–H groups in total. The Labute approximate surface area is 103 Å². The van der Waals surface area contributed by atoms with E-state index in [2.05, 4.69) is 0 Å². The Morgan fingerprint density at radius 1 is 1.35 bits per heavy atom. The van der Waals surface area contributed by atoms with Crippen molar-refractivity contribution in [1.29, 1.82) is 0 Å². The molecule has 17 heavy (non-hydrogen) atoms. The van der Waals surface area contributed by atoms with Crippen molar-refractivity contribution < 1.29 is 14.3 Å². The molecule has 0 aromatic rings. The average Bonchev–Trinajstić information content (AvgIpc) is 2.78. The van der Waals surface area contributed by atoms with Crippen LogP contribution in [0.2, 0.25) is 0 Å². The summed E-state index contributed by atoms with van der Waals surface area (Å²) in [5.74, 6) is -0.0900. The number of esters is 1. The summed E-state index contributed by atoms with van der Waals surface area (Å²) in [7, 11) is 1.41. The van der Waals surface area contributed by atoms with Gasteiger partial charge in [-0.2, -0.15) is 0 Å². The van der Waals surface area contributed by atoms with Crippen LogP contribution in [0.15, 0.2) is 0 Å². The first kappa shape index (κ1) is 14.0. The molecule has 1 atom stereocenters. The molecular formula is C12H22N2O3. The van der Waals surface area contributed by atoms with E-state index in [1.54, 1.807) is 0 Å². The van der Waals surface area contributed by atoms with Crippen LogP contribution < -0.4 is 0 Å². The van der Waals surface area contributed by atoms with Crippen LogP contribution in [0.3, 0.4) is 0 Å². The molecule has 1 amide bonds. The zero-order valence-electron chi connectivity index (χ0n) is 10.9. The topological polar surface area (TPSA) is 49.9 Å². The Morgan fingerprint density at radius 2 is 2.00 bits per heavy atom. The first-order valence-corrected chi connectivity index (χ1v) is 6.20. The number of hydrogen-bond acceptors (Lipinski definition) is 4. The Hall–Kier alpha value is -1.10. The number of likely N-dealkylation sites (tertiary alicyclic amines) is 1. The SMILES string of the molecule is CCN(CC)C(=O)CN1CCC(C(=O)OC)C1. The maximum Gasteiger partial charge on any atom is 0.310 e. The molecule has 0 radical (unpaired) electrons. The summed E-state index contributed by atoms with van der Waals surface area (Å²) in [5.41, 5.74) is 0. The van der Waals surface area contributed by atoms with Gasteiger partial charge in [0.25, 0.3) is 0 Å². The van der Waals surface area contributed by atoms with Gasteiger partial charge < -0.3 is 9.64 Å². The first-order chi connectivity index (χ1) is 8.12. The maximum atomic E-state index is 11.9. The number of rotatable bonds is 5. The van der Waals surface area contributed by atoms with Crippen molar-refractivity contribution in [2.45, 2.75) is 20.3 Å². The summed E-state index contributed by atoms with van der Waals surface area (Å²) in [5, 5.41) is 0. The third-order valence-electron chi connectivity index (χ3n) is 3.28. The predicted octanol–water partition coefficient (Wildman–Crippen LogP) is 0.350. The maximum absolute atomic E-state index is 11.9. The summed E-state index contributed by atoms with van der Waals surface area (Å²) in [6, 6.07) is 0. The van der Waals surface area contributed by atoms with Gasteiger partial charge in [-0.3, -0.25) is 14.5 Å². The van der Waals surface area contributed by atoms with E-state index in [9.17, 15) is 9.59 Å². The number of hydrogen-bond donors (Lipinski definition) is 0. The smallest absolute Gasteiger partial charge is 0.310 e. The van der Waals surface area contributed by atoms with Crippen LogP contribution in [-0.4, -0.2) is 61.5 Å². The highest BCUT2D eigenvalue weighted by Gasteiger charge is 2.30. The largest absolute Gasteiger partial charge is 0.469 e. The number of amides is 1. The minimum atomic E-state index is -0.164. The molecule has 0 spiro atoms. The van der Waals surface area contributed by atoms with Gasteiger partial charge in [0.05, 0.1) is 19.6 Å². The third kappa shape index (κ3) is 3.70. The minimum absolute atomic E-state index is 0.0653. The number of ether oxygens (including phenoxy) is 1. The van der Waals surface area contributed by atoms with Crippen molar-refractivity contribution in [3.8, 4) is 0 Å². The van der Waals surface area contributed by atoms with Crippen molar-refractivity contribution >= 4 is 11.9 Å². The molecule has 1 rings (SSSR count). The summed E-state index contributed by atoms with van der Waals surface area (Å²) < 4.78 is 4.72. The van der Waals surface area contributed by atoms with E-state index in [0.717, 1.165) is 26.1 Å². The van der Waals surface area contributed by atoms with Gasteiger partial charge in [0.15, 0.2) is 0 Å². The highest BCUT2D eigenvalue weighted by atomic mass is 16.5. The quantitative estimate of drug-likeness (QED) is 0.653. The van der Waals surface area contributed by atoms with Gasteiger partial charge >= 0.3 is 5.97 Å². The van der Waals surface area contributed by atoms with E-state index >= 15 is 0 Å².